The number of carboxylic acid groups (broad SMARTS) is 1. The normalized spacial score (nSPS) is 18.5. The van der Waals surface area contributed by atoms with Crippen molar-refractivity contribution in [3.05, 3.63) is 23.2 Å². The van der Waals surface area contributed by atoms with Gasteiger partial charge in [0.15, 0.2) is 10.8 Å². The molecule has 0 bridgehead atoms. The molecule has 1 saturated heterocycles. The molecule has 5 N–H and O–H groups in total. The average molecular weight is 528 g/mol. The van der Waals surface area contributed by atoms with Gasteiger partial charge in [0.05, 0.1) is 12.6 Å². The van der Waals surface area contributed by atoms with E-state index in [2.05, 4.69) is 25.5 Å². The Kier molecular flexibility index (Phi) is 6.73. The number of carbonyl (C=O) groups excluding carboxylic acids is 2. The monoisotopic (exact) mass is 527 g/mol. The number of nitrogens with one attached hydrogen (secondary N) is 1. The fourth-order valence-electron chi connectivity index (χ4n) is 2.78. The van der Waals surface area contributed by atoms with Crippen molar-refractivity contribution in [2.24, 2.45) is 5.16 Å². The lowest BCUT2D eigenvalue weighted by molar-refractivity contribution is -0.161. The summed E-state index contributed by atoms with van der Waals surface area (Å²) in [5, 5.41) is 29.0. The maximum Gasteiger partial charge on any atom is 0.362 e. The first kappa shape index (κ1) is 25.5. The van der Waals surface area contributed by atoms with Gasteiger partial charge in [-0.3, -0.25) is 14.1 Å². The fraction of sp³-hybridized carbons (Fsp3) is 0.375. The Labute approximate surface area is 200 Å². The Morgan fingerprint density at radius 2 is 2.14 bits per heavy atom. The molecule has 2 aromatic rings. The van der Waals surface area contributed by atoms with Gasteiger partial charge < -0.3 is 21.0 Å². The summed E-state index contributed by atoms with van der Waals surface area (Å²) in [6, 6.07) is -1.18. The second kappa shape index (κ2) is 9.24. The molecular formula is C16H17N9O8S2. The summed E-state index contributed by atoms with van der Waals surface area (Å²) in [5.41, 5.74) is 3.10. The number of aliphatic carboxylic acids is 1. The minimum Gasteiger partial charge on any atom is -0.478 e. The second-order valence-electron chi connectivity index (χ2n) is 7.45. The number of nitrogens with zero attached hydrogens (tertiary/aromatic N) is 7. The predicted molar refractivity (Wildman–Crippen MR) is 115 cm³/mol. The molecule has 0 aliphatic carbocycles. The molecule has 1 fully saturated rings. The lowest BCUT2D eigenvalue weighted by atomic mass is 9.98. The topological polar surface area (TPSA) is 256 Å². The van der Waals surface area contributed by atoms with Crippen LogP contribution in [-0.4, -0.2) is 83.3 Å². The molecule has 17 nitrogen and oxygen atoms in total. The number of thiazole rings is 1. The molecule has 19 heteroatoms. The summed E-state index contributed by atoms with van der Waals surface area (Å²) >= 11 is 0.941. The molecule has 2 aromatic heterocycles. The summed E-state index contributed by atoms with van der Waals surface area (Å²) in [5.74, 6) is -3.87. The van der Waals surface area contributed by atoms with E-state index >= 15 is 0 Å². The molecule has 2 atom stereocenters. The van der Waals surface area contributed by atoms with Crippen LogP contribution in [-0.2, 0) is 36.1 Å². The molecular weight excluding hydrogens is 510 g/mol. The van der Waals surface area contributed by atoms with Crippen LogP contribution in [0.5, 0.6) is 0 Å². The Morgan fingerprint density at radius 3 is 2.66 bits per heavy atom. The highest BCUT2D eigenvalue weighted by molar-refractivity contribution is 7.84. The molecule has 0 radical (unpaired) electrons. The number of β-lactam (4-membered cyclic amide) rings is 1. The number of carbonyl (C=O) groups is 3. The van der Waals surface area contributed by atoms with Crippen molar-refractivity contribution < 1.29 is 37.3 Å². The van der Waals surface area contributed by atoms with Crippen LogP contribution in [0.1, 0.15) is 25.4 Å². The molecule has 186 valence electrons. The summed E-state index contributed by atoms with van der Waals surface area (Å²) in [7, 11) is -5.00. The van der Waals surface area contributed by atoms with E-state index in [9.17, 15) is 32.5 Å². The maximum absolute atomic E-state index is 13.0. The van der Waals surface area contributed by atoms with Crippen LogP contribution in [0, 0.1) is 11.3 Å². The van der Waals surface area contributed by atoms with Gasteiger partial charge >= 0.3 is 16.3 Å². The van der Waals surface area contributed by atoms with Gasteiger partial charge in [-0.2, -0.15) is 13.7 Å². The first-order valence-electron chi connectivity index (χ1n) is 9.36. The van der Waals surface area contributed by atoms with E-state index in [1.54, 1.807) is 6.07 Å². The van der Waals surface area contributed by atoms with Crippen molar-refractivity contribution >= 4 is 50.3 Å². The Bertz CT molecular complexity index is 1360. The lowest BCUT2D eigenvalue weighted by Gasteiger charge is -2.43. The van der Waals surface area contributed by atoms with Gasteiger partial charge in [-0.1, -0.05) is 5.16 Å². The van der Waals surface area contributed by atoms with Crippen LogP contribution in [0.4, 0.5) is 5.13 Å². The van der Waals surface area contributed by atoms with E-state index in [-0.39, 0.29) is 27.5 Å². The highest BCUT2D eigenvalue weighted by Gasteiger charge is 2.54. The Balaban J connectivity index is 1.89. The Hall–Kier alpha value is -4.15. The van der Waals surface area contributed by atoms with Gasteiger partial charge in [-0.05, 0) is 13.8 Å². The zero-order valence-electron chi connectivity index (χ0n) is 17.9. The molecule has 2 amide bonds. The van der Waals surface area contributed by atoms with Gasteiger partial charge in [0.1, 0.15) is 24.1 Å². The van der Waals surface area contributed by atoms with Crippen LogP contribution < -0.4 is 11.1 Å². The van der Waals surface area contributed by atoms with Crippen molar-refractivity contribution in [2.45, 2.75) is 38.1 Å². The van der Waals surface area contributed by atoms with Crippen molar-refractivity contribution in [3.63, 3.8) is 0 Å². The lowest BCUT2D eigenvalue weighted by Crippen LogP contribution is -2.73. The first-order chi connectivity index (χ1) is 16.2. The first-order valence-corrected chi connectivity index (χ1v) is 11.6. The van der Waals surface area contributed by atoms with E-state index < -0.39 is 51.5 Å². The van der Waals surface area contributed by atoms with Crippen LogP contribution in [0.15, 0.2) is 16.9 Å². The van der Waals surface area contributed by atoms with Gasteiger partial charge in [-0.15, -0.1) is 16.4 Å². The number of anilines is 1. The molecule has 3 heterocycles. The van der Waals surface area contributed by atoms with Gasteiger partial charge in [0, 0.05) is 5.38 Å². The number of aromatic nitrogens is 4. The Morgan fingerprint density at radius 1 is 1.46 bits per heavy atom. The summed E-state index contributed by atoms with van der Waals surface area (Å²) < 4.78 is 34.0. The fourth-order valence-corrected chi connectivity index (χ4v) is 4.19. The minimum atomic E-state index is -5.00. The van der Waals surface area contributed by atoms with Crippen molar-refractivity contribution in [3.8, 4) is 6.07 Å². The van der Waals surface area contributed by atoms with Crippen LogP contribution in [0.3, 0.4) is 0 Å². The third-order valence-electron chi connectivity index (χ3n) is 4.57. The van der Waals surface area contributed by atoms with E-state index in [1.807, 2.05) is 0 Å². The zero-order chi connectivity index (χ0) is 26.1. The molecule has 0 spiro atoms. The molecule has 1 aliphatic heterocycles. The number of nitrogen functional groups attached to an aromatic ring is 1. The maximum atomic E-state index is 13.0. The number of rotatable bonds is 9. The minimum absolute atomic E-state index is 0.0487. The van der Waals surface area contributed by atoms with E-state index in [0.29, 0.717) is 0 Å². The summed E-state index contributed by atoms with van der Waals surface area (Å²) in [6.45, 7) is 1.98. The average Bonchev–Trinajstić information content (AvgIpc) is 3.39. The molecule has 0 aromatic carbocycles. The molecule has 3 rings (SSSR count). The number of nitrogens with two attached hydrogens (primary N) is 1. The van der Waals surface area contributed by atoms with Gasteiger partial charge in [0.2, 0.25) is 5.60 Å². The van der Waals surface area contributed by atoms with Crippen LogP contribution >= 0.6 is 11.3 Å². The van der Waals surface area contributed by atoms with E-state index in [4.69, 9.17) is 15.8 Å². The third kappa shape index (κ3) is 5.34. The van der Waals surface area contributed by atoms with Crippen molar-refractivity contribution in [2.75, 3.05) is 5.73 Å². The number of amides is 2. The van der Waals surface area contributed by atoms with E-state index in [0.717, 1.165) is 22.3 Å². The quantitative estimate of drug-likeness (QED) is 0.119. The number of hydrogen-bond donors (Lipinski definition) is 4. The number of carboxylic acids is 1. The summed E-state index contributed by atoms with van der Waals surface area (Å²) in [6.07, 6.45) is 1.09. The standard InChI is InChI=1S/C16H17N9O8S2/c1-16(2,14(28)29)33-23-10(7-5-34-15(18)20-7)12(26)21-11-8(25(13(11)27)35(30,31)32)4-24-6-19-9(3-17)22-24/h5-6,8,11H,4H2,1-2H3,(H2,18,20)(H,21,26)(H,28,29)(H,30,31,32)/t8-,11-/m0/s1. The van der Waals surface area contributed by atoms with Crippen LogP contribution in [0.25, 0.3) is 0 Å². The number of hydrogen-bond acceptors (Lipinski definition) is 13. The highest BCUT2D eigenvalue weighted by Crippen LogP contribution is 2.25. The SMILES string of the molecule is CC(C)(ON=C(C(=O)N[C@@H]1C(=O)N(S(=O)(=O)O)[C@H]1Cn1cnc(C#N)n1)c1csc(N)n1)C(=O)O. The van der Waals surface area contributed by atoms with Gasteiger partial charge in [0.25, 0.3) is 17.6 Å². The molecule has 0 saturated carbocycles. The zero-order valence-corrected chi connectivity index (χ0v) is 19.5. The smallest absolute Gasteiger partial charge is 0.362 e. The summed E-state index contributed by atoms with van der Waals surface area (Å²) in [4.78, 5) is 49.3. The van der Waals surface area contributed by atoms with Gasteiger partial charge in [-0.25, -0.2) is 23.7 Å². The predicted octanol–water partition coefficient (Wildman–Crippen LogP) is -2.03. The van der Waals surface area contributed by atoms with Crippen LogP contribution in [0.2, 0.25) is 0 Å². The number of nitriles is 1. The molecule has 35 heavy (non-hydrogen) atoms. The molecule has 0 unspecified atom stereocenters. The van der Waals surface area contributed by atoms with Crippen molar-refractivity contribution in [1.29, 1.82) is 5.26 Å². The number of oxime groups is 1. The highest BCUT2D eigenvalue weighted by atomic mass is 32.2. The second-order valence-corrected chi connectivity index (χ2v) is 9.63. The van der Waals surface area contributed by atoms with Crippen molar-refractivity contribution in [1.82, 2.24) is 29.4 Å². The largest absolute Gasteiger partial charge is 0.478 e. The molecule has 1 aliphatic rings. The van der Waals surface area contributed by atoms with E-state index in [1.165, 1.54) is 19.2 Å². The third-order valence-corrected chi connectivity index (χ3v) is 6.20.